The highest BCUT2D eigenvalue weighted by Gasteiger charge is 2.16. The van der Waals surface area contributed by atoms with Crippen molar-refractivity contribution in [1.82, 2.24) is 4.98 Å². The highest BCUT2D eigenvalue weighted by molar-refractivity contribution is 5.45. The first kappa shape index (κ1) is 14.1. The van der Waals surface area contributed by atoms with Crippen LogP contribution < -0.4 is 19.9 Å². The molecule has 0 saturated heterocycles. The molecule has 0 aliphatic heterocycles. The van der Waals surface area contributed by atoms with Gasteiger partial charge in [0.05, 0.1) is 33.6 Å². The van der Waals surface area contributed by atoms with Crippen LogP contribution in [0.2, 0.25) is 0 Å². The molecule has 0 saturated carbocycles. The maximum absolute atomic E-state index is 6.32. The average Bonchev–Trinajstić information content (AvgIpc) is 2.53. The van der Waals surface area contributed by atoms with Gasteiger partial charge in [0.2, 0.25) is 0 Å². The molecule has 1 atom stereocenters. The summed E-state index contributed by atoms with van der Waals surface area (Å²) in [5, 5.41) is 0. The van der Waals surface area contributed by atoms with Crippen molar-refractivity contribution in [1.29, 1.82) is 0 Å². The van der Waals surface area contributed by atoms with Crippen LogP contribution in [0.4, 0.5) is 0 Å². The lowest BCUT2D eigenvalue weighted by Gasteiger charge is -2.17. The number of ether oxygens (including phenoxy) is 3. The Morgan fingerprint density at radius 2 is 1.65 bits per heavy atom. The monoisotopic (exact) mass is 274 g/mol. The van der Waals surface area contributed by atoms with Crippen LogP contribution in [-0.4, -0.2) is 26.3 Å². The zero-order valence-corrected chi connectivity index (χ0v) is 11.8. The summed E-state index contributed by atoms with van der Waals surface area (Å²) in [6.45, 7) is 0. The molecule has 2 aromatic rings. The molecule has 1 aromatic heterocycles. The van der Waals surface area contributed by atoms with Crippen molar-refractivity contribution < 1.29 is 14.2 Å². The molecule has 0 bridgehead atoms. The molecular formula is C15H18N2O3. The van der Waals surface area contributed by atoms with Crippen molar-refractivity contribution in [2.24, 2.45) is 5.73 Å². The third-order valence-corrected chi connectivity index (χ3v) is 3.10. The molecule has 0 aliphatic rings. The van der Waals surface area contributed by atoms with Crippen molar-refractivity contribution in [2.45, 2.75) is 6.04 Å². The lowest BCUT2D eigenvalue weighted by Crippen LogP contribution is -2.13. The number of rotatable bonds is 5. The average molecular weight is 274 g/mol. The zero-order valence-electron chi connectivity index (χ0n) is 11.8. The van der Waals surface area contributed by atoms with E-state index < -0.39 is 0 Å². The van der Waals surface area contributed by atoms with Crippen LogP contribution in [0.5, 0.6) is 17.2 Å². The molecule has 5 nitrogen and oxygen atoms in total. The highest BCUT2D eigenvalue weighted by atomic mass is 16.5. The van der Waals surface area contributed by atoms with E-state index in [0.717, 1.165) is 11.1 Å². The second kappa shape index (κ2) is 6.25. The van der Waals surface area contributed by atoms with Gasteiger partial charge in [0.1, 0.15) is 17.2 Å². The molecule has 106 valence electrons. The summed E-state index contributed by atoms with van der Waals surface area (Å²) in [6.07, 6.45) is 3.34. The van der Waals surface area contributed by atoms with E-state index in [4.69, 9.17) is 19.9 Å². The smallest absolute Gasteiger partial charge is 0.142 e. The van der Waals surface area contributed by atoms with Crippen LogP contribution in [0.25, 0.3) is 0 Å². The van der Waals surface area contributed by atoms with Gasteiger partial charge in [-0.25, -0.2) is 0 Å². The standard InChI is InChI=1S/C15H18N2O3/c1-18-11-6-10(7-12(8-11)19-2)15(16)13-4-5-17-9-14(13)20-3/h4-9,15H,16H2,1-3H3. The summed E-state index contributed by atoms with van der Waals surface area (Å²) in [7, 11) is 4.81. The van der Waals surface area contributed by atoms with Gasteiger partial charge >= 0.3 is 0 Å². The van der Waals surface area contributed by atoms with E-state index in [0.29, 0.717) is 17.2 Å². The third kappa shape index (κ3) is 2.83. The van der Waals surface area contributed by atoms with Crippen molar-refractivity contribution in [3.63, 3.8) is 0 Å². The summed E-state index contributed by atoms with van der Waals surface area (Å²) in [5.74, 6) is 2.05. The van der Waals surface area contributed by atoms with Crippen LogP contribution in [-0.2, 0) is 0 Å². The van der Waals surface area contributed by atoms with Crippen LogP contribution in [0.3, 0.4) is 0 Å². The van der Waals surface area contributed by atoms with E-state index in [1.807, 2.05) is 18.2 Å². The molecule has 0 spiro atoms. The van der Waals surface area contributed by atoms with Crippen LogP contribution in [0.15, 0.2) is 36.7 Å². The summed E-state index contributed by atoms with van der Waals surface area (Å²) in [6, 6.07) is 7.06. The normalized spacial score (nSPS) is 11.8. The van der Waals surface area contributed by atoms with Gasteiger partial charge in [-0.3, -0.25) is 4.98 Å². The fraction of sp³-hybridized carbons (Fsp3) is 0.267. The highest BCUT2D eigenvalue weighted by Crippen LogP contribution is 2.31. The Bertz CT molecular complexity index is 565. The topological polar surface area (TPSA) is 66.6 Å². The molecule has 0 aliphatic carbocycles. The van der Waals surface area contributed by atoms with Crippen LogP contribution in [0, 0.1) is 0 Å². The first-order valence-corrected chi connectivity index (χ1v) is 6.16. The molecule has 0 radical (unpaired) electrons. The maximum Gasteiger partial charge on any atom is 0.142 e. The number of hydrogen-bond donors (Lipinski definition) is 1. The molecule has 5 heteroatoms. The fourth-order valence-corrected chi connectivity index (χ4v) is 2.01. The molecule has 1 heterocycles. The second-order valence-corrected chi connectivity index (χ2v) is 4.24. The number of aromatic nitrogens is 1. The van der Waals surface area contributed by atoms with Gasteiger partial charge < -0.3 is 19.9 Å². The van der Waals surface area contributed by atoms with Crippen molar-refractivity contribution in [3.8, 4) is 17.2 Å². The summed E-state index contributed by atoms with van der Waals surface area (Å²) < 4.78 is 15.8. The van der Waals surface area contributed by atoms with Gasteiger partial charge in [-0.2, -0.15) is 0 Å². The number of hydrogen-bond acceptors (Lipinski definition) is 5. The third-order valence-electron chi connectivity index (χ3n) is 3.10. The van der Waals surface area contributed by atoms with Gasteiger partial charge in [0.25, 0.3) is 0 Å². The van der Waals surface area contributed by atoms with E-state index in [-0.39, 0.29) is 6.04 Å². The van der Waals surface area contributed by atoms with E-state index >= 15 is 0 Å². The Morgan fingerprint density at radius 3 is 2.20 bits per heavy atom. The Kier molecular flexibility index (Phi) is 4.42. The predicted octanol–water partition coefficient (Wildman–Crippen LogP) is 2.16. The Morgan fingerprint density at radius 1 is 1.00 bits per heavy atom. The van der Waals surface area contributed by atoms with Crippen molar-refractivity contribution >= 4 is 0 Å². The number of benzene rings is 1. The van der Waals surface area contributed by atoms with Crippen LogP contribution >= 0.6 is 0 Å². The fourth-order valence-electron chi connectivity index (χ4n) is 2.01. The minimum Gasteiger partial charge on any atom is -0.497 e. The molecule has 1 aromatic carbocycles. The largest absolute Gasteiger partial charge is 0.497 e. The minimum atomic E-state index is -0.350. The lowest BCUT2D eigenvalue weighted by molar-refractivity contribution is 0.392. The first-order valence-electron chi connectivity index (χ1n) is 6.16. The summed E-state index contributed by atoms with van der Waals surface area (Å²) >= 11 is 0. The summed E-state index contributed by atoms with van der Waals surface area (Å²) in [5.41, 5.74) is 8.06. The number of nitrogens with zero attached hydrogens (tertiary/aromatic N) is 1. The number of pyridine rings is 1. The SMILES string of the molecule is COc1cc(OC)cc(C(N)c2ccncc2OC)c1. The Balaban J connectivity index is 2.44. The van der Waals surface area contributed by atoms with E-state index in [1.165, 1.54) is 0 Å². The molecule has 0 fully saturated rings. The van der Waals surface area contributed by atoms with Gasteiger partial charge in [-0.15, -0.1) is 0 Å². The van der Waals surface area contributed by atoms with Gasteiger partial charge in [0.15, 0.2) is 0 Å². The second-order valence-electron chi connectivity index (χ2n) is 4.24. The molecule has 1 unspecified atom stereocenters. The minimum absolute atomic E-state index is 0.350. The molecule has 0 amide bonds. The van der Waals surface area contributed by atoms with Gasteiger partial charge in [-0.1, -0.05) is 0 Å². The van der Waals surface area contributed by atoms with Crippen molar-refractivity contribution in [3.05, 3.63) is 47.8 Å². The molecular weight excluding hydrogens is 256 g/mol. The molecule has 2 N–H and O–H groups in total. The Hall–Kier alpha value is -2.27. The molecule has 20 heavy (non-hydrogen) atoms. The predicted molar refractivity (Wildman–Crippen MR) is 76.4 cm³/mol. The molecule has 2 rings (SSSR count). The van der Waals surface area contributed by atoms with Gasteiger partial charge in [-0.05, 0) is 23.8 Å². The van der Waals surface area contributed by atoms with E-state index in [1.54, 1.807) is 39.8 Å². The lowest BCUT2D eigenvalue weighted by atomic mass is 9.99. The number of methoxy groups -OCH3 is 3. The Labute approximate surface area is 118 Å². The zero-order chi connectivity index (χ0) is 14.5. The van der Waals surface area contributed by atoms with E-state index in [9.17, 15) is 0 Å². The number of nitrogens with two attached hydrogens (primary N) is 1. The van der Waals surface area contributed by atoms with Gasteiger partial charge in [0, 0.05) is 17.8 Å². The summed E-state index contributed by atoms with van der Waals surface area (Å²) in [4.78, 5) is 4.03. The van der Waals surface area contributed by atoms with Crippen LogP contribution in [0.1, 0.15) is 17.2 Å². The quantitative estimate of drug-likeness (QED) is 0.905. The maximum atomic E-state index is 6.32. The van der Waals surface area contributed by atoms with E-state index in [2.05, 4.69) is 4.98 Å². The van der Waals surface area contributed by atoms with Crippen molar-refractivity contribution in [2.75, 3.05) is 21.3 Å². The first-order chi connectivity index (χ1) is 9.69.